The van der Waals surface area contributed by atoms with Crippen LogP contribution in [0.3, 0.4) is 0 Å². The van der Waals surface area contributed by atoms with Crippen molar-refractivity contribution < 1.29 is 19.4 Å². The van der Waals surface area contributed by atoms with E-state index in [2.05, 4.69) is 22.8 Å². The predicted octanol–water partition coefficient (Wildman–Crippen LogP) is 5.31. The zero-order valence-electron chi connectivity index (χ0n) is 17.5. The van der Waals surface area contributed by atoms with Crippen molar-refractivity contribution in [3.8, 4) is 11.1 Å². The summed E-state index contributed by atoms with van der Waals surface area (Å²) in [5.41, 5.74) is 6.64. The molecule has 1 amide bonds. The maximum Gasteiger partial charge on any atom is 0.407 e. The van der Waals surface area contributed by atoms with E-state index in [1.165, 1.54) is 0 Å². The van der Waals surface area contributed by atoms with Gasteiger partial charge in [0.15, 0.2) is 0 Å². The number of aliphatic carboxylic acids is 1. The van der Waals surface area contributed by atoms with Crippen LogP contribution in [-0.2, 0) is 9.53 Å². The number of benzene rings is 3. The maximum atomic E-state index is 12.5. The number of carboxylic acids is 1. The van der Waals surface area contributed by atoms with Gasteiger partial charge >= 0.3 is 12.1 Å². The molecule has 1 aliphatic heterocycles. The lowest BCUT2D eigenvalue weighted by Crippen LogP contribution is -2.41. The Kier molecular flexibility index (Phi) is 5.52. The van der Waals surface area contributed by atoms with E-state index in [1.807, 2.05) is 36.4 Å². The van der Waals surface area contributed by atoms with Gasteiger partial charge in [-0.05, 0) is 40.0 Å². The van der Waals surface area contributed by atoms with E-state index in [1.54, 1.807) is 24.4 Å². The molecule has 1 atom stereocenters. The number of rotatable bonds is 6. The van der Waals surface area contributed by atoms with E-state index >= 15 is 0 Å². The quantitative estimate of drug-likeness (QED) is 0.522. The van der Waals surface area contributed by atoms with Gasteiger partial charge in [0, 0.05) is 29.1 Å². The Balaban J connectivity index is 1.26. The monoisotopic (exact) mass is 459 g/mol. The zero-order chi connectivity index (χ0) is 22.9. The summed E-state index contributed by atoms with van der Waals surface area (Å²) in [6, 6.07) is 20.2. The van der Waals surface area contributed by atoms with Crippen LogP contribution in [0, 0.1) is 0 Å². The lowest BCUT2D eigenvalue weighted by Gasteiger charge is -2.18. The van der Waals surface area contributed by atoms with E-state index in [4.69, 9.17) is 16.3 Å². The second-order valence-corrected chi connectivity index (χ2v) is 8.45. The number of hydrogen-bond acceptors (Lipinski definition) is 3. The molecule has 0 spiro atoms. The average molecular weight is 460 g/mol. The molecular weight excluding hydrogens is 440 g/mol. The van der Waals surface area contributed by atoms with Crippen LogP contribution in [-0.4, -0.2) is 29.8 Å². The molecule has 0 fully saturated rings. The first-order valence-corrected chi connectivity index (χ1v) is 10.9. The molecule has 0 saturated heterocycles. The summed E-state index contributed by atoms with van der Waals surface area (Å²) in [6.07, 6.45) is 0.921. The number of nitrogens with one attached hydrogen (secondary N) is 1. The van der Waals surface area contributed by atoms with Gasteiger partial charge in [0.05, 0.1) is 5.69 Å². The zero-order valence-corrected chi connectivity index (χ0v) is 18.3. The van der Waals surface area contributed by atoms with Crippen molar-refractivity contribution in [2.24, 2.45) is 0 Å². The molecule has 2 aliphatic rings. The third-order valence-electron chi connectivity index (χ3n) is 6.02. The molecule has 0 unspecified atom stereocenters. The number of carboxylic acid groups (broad SMARTS) is 1. The number of halogens is 1. The highest BCUT2D eigenvalue weighted by atomic mass is 35.5. The van der Waals surface area contributed by atoms with Crippen LogP contribution in [0.25, 0.3) is 16.7 Å². The molecule has 0 saturated carbocycles. The molecule has 5 rings (SSSR count). The fraction of sp³-hybridized carbons (Fsp3) is 0.154. The van der Waals surface area contributed by atoms with Gasteiger partial charge in [0.25, 0.3) is 0 Å². The standard InChI is InChI=1S/C26H20ClN2O4/c27-16-9-10-17-15(13-28-23(17)12-16)11-24(25(30)31)29-26(32)33-14-22-20-7-3-1-5-18(20)19-6-2-4-8-21(19)22/h1-10,12-13,22,24H,11,14H2,(H,29,32)(H,30,31)/t24-/m0/s1. The normalized spacial score (nSPS) is 14.4. The molecule has 3 aromatic carbocycles. The van der Waals surface area contributed by atoms with Crippen molar-refractivity contribution in [2.45, 2.75) is 18.4 Å². The van der Waals surface area contributed by atoms with Crippen LogP contribution in [0.4, 0.5) is 10.5 Å². The highest BCUT2D eigenvalue weighted by Crippen LogP contribution is 2.44. The molecule has 1 aliphatic carbocycles. The third kappa shape index (κ3) is 4.05. The van der Waals surface area contributed by atoms with E-state index < -0.39 is 18.1 Å². The maximum absolute atomic E-state index is 12.5. The molecule has 1 radical (unpaired) electrons. The Hall–Kier alpha value is -3.77. The Morgan fingerprint density at radius 2 is 1.67 bits per heavy atom. The van der Waals surface area contributed by atoms with Crippen LogP contribution < -0.4 is 10.6 Å². The second-order valence-electron chi connectivity index (χ2n) is 8.01. The Morgan fingerprint density at radius 1 is 1.00 bits per heavy atom. The lowest BCUT2D eigenvalue weighted by molar-refractivity contribution is -0.139. The van der Waals surface area contributed by atoms with Gasteiger partial charge in [-0.2, -0.15) is 0 Å². The van der Waals surface area contributed by atoms with Crippen molar-refractivity contribution in [1.82, 2.24) is 10.6 Å². The van der Waals surface area contributed by atoms with Gasteiger partial charge in [-0.1, -0.05) is 66.2 Å². The molecule has 3 aromatic rings. The van der Waals surface area contributed by atoms with Crippen LogP contribution in [0.1, 0.15) is 29.0 Å². The number of nitrogens with zero attached hydrogens (tertiary/aromatic N) is 1. The molecular formula is C26H20ClN2O4. The van der Waals surface area contributed by atoms with E-state index in [0.717, 1.165) is 27.8 Å². The summed E-state index contributed by atoms with van der Waals surface area (Å²) in [7, 11) is 0. The summed E-state index contributed by atoms with van der Waals surface area (Å²) in [5.74, 6) is -1.24. The molecule has 165 valence electrons. The van der Waals surface area contributed by atoms with Crippen molar-refractivity contribution in [1.29, 1.82) is 0 Å². The SMILES string of the molecule is O=C(N[C@@H](CC1=C[N]c2cc(Cl)ccc21)C(=O)O)OCC1c2ccccc2-c2ccccc21. The fourth-order valence-corrected chi connectivity index (χ4v) is 4.63. The number of carbonyl (C=O) groups excluding carboxylic acids is 1. The van der Waals surface area contributed by atoms with Crippen molar-refractivity contribution in [3.05, 3.63) is 94.6 Å². The van der Waals surface area contributed by atoms with Crippen LogP contribution in [0.5, 0.6) is 0 Å². The summed E-state index contributed by atoms with van der Waals surface area (Å²) >= 11 is 6.00. The Labute approximate surface area is 195 Å². The number of fused-ring (bicyclic) bond motifs is 4. The number of ether oxygens (including phenoxy) is 1. The third-order valence-corrected chi connectivity index (χ3v) is 6.26. The Bertz CT molecular complexity index is 1240. The predicted molar refractivity (Wildman–Crippen MR) is 125 cm³/mol. The highest BCUT2D eigenvalue weighted by molar-refractivity contribution is 6.31. The smallest absolute Gasteiger partial charge is 0.407 e. The summed E-state index contributed by atoms with van der Waals surface area (Å²) in [6.45, 7) is 0.117. The van der Waals surface area contributed by atoms with Crippen molar-refractivity contribution >= 4 is 34.9 Å². The van der Waals surface area contributed by atoms with Crippen LogP contribution in [0.15, 0.2) is 72.9 Å². The average Bonchev–Trinajstić information content (AvgIpc) is 3.35. The molecule has 1 heterocycles. The van der Waals surface area contributed by atoms with Crippen LogP contribution in [0.2, 0.25) is 5.02 Å². The first-order valence-electron chi connectivity index (χ1n) is 10.6. The molecule has 33 heavy (non-hydrogen) atoms. The number of hydrogen-bond donors (Lipinski definition) is 2. The van der Waals surface area contributed by atoms with Gasteiger partial charge in [-0.15, -0.1) is 0 Å². The largest absolute Gasteiger partial charge is 0.480 e. The highest BCUT2D eigenvalue weighted by Gasteiger charge is 2.30. The molecule has 7 heteroatoms. The summed E-state index contributed by atoms with van der Waals surface area (Å²) in [5, 5.41) is 17.0. The number of carbonyl (C=O) groups is 2. The molecule has 6 nitrogen and oxygen atoms in total. The first kappa shape index (κ1) is 21.1. The van der Waals surface area contributed by atoms with E-state index in [9.17, 15) is 14.7 Å². The van der Waals surface area contributed by atoms with Crippen molar-refractivity contribution in [3.63, 3.8) is 0 Å². The molecule has 2 N–H and O–H groups in total. The topological polar surface area (TPSA) is 89.7 Å². The summed E-state index contributed by atoms with van der Waals surface area (Å²) < 4.78 is 5.50. The fourth-order valence-electron chi connectivity index (χ4n) is 4.47. The minimum atomic E-state index is -1.15. The number of alkyl carbamates (subject to hydrolysis) is 1. The van der Waals surface area contributed by atoms with E-state index in [-0.39, 0.29) is 18.9 Å². The molecule has 0 aromatic heterocycles. The van der Waals surface area contributed by atoms with Gasteiger partial charge in [0.1, 0.15) is 12.6 Å². The van der Waals surface area contributed by atoms with Gasteiger partial charge in [0.2, 0.25) is 0 Å². The van der Waals surface area contributed by atoms with Crippen molar-refractivity contribution in [2.75, 3.05) is 6.61 Å². The second kappa shape index (κ2) is 8.64. The van der Waals surface area contributed by atoms with Gasteiger partial charge < -0.3 is 15.2 Å². The molecule has 0 bridgehead atoms. The summed E-state index contributed by atoms with van der Waals surface area (Å²) in [4.78, 5) is 24.4. The van der Waals surface area contributed by atoms with Crippen LogP contribution >= 0.6 is 11.6 Å². The lowest BCUT2D eigenvalue weighted by atomic mass is 9.98. The van der Waals surface area contributed by atoms with E-state index in [0.29, 0.717) is 16.3 Å². The number of amides is 1. The Morgan fingerprint density at radius 3 is 2.33 bits per heavy atom. The minimum absolute atomic E-state index is 0.0810. The van der Waals surface area contributed by atoms with Gasteiger partial charge in [-0.3, -0.25) is 5.32 Å². The first-order chi connectivity index (χ1) is 16.0. The minimum Gasteiger partial charge on any atom is -0.480 e. The van der Waals surface area contributed by atoms with Gasteiger partial charge in [-0.25, -0.2) is 9.59 Å².